The summed E-state index contributed by atoms with van der Waals surface area (Å²) in [6.45, 7) is 2.90. The van der Waals surface area contributed by atoms with Gasteiger partial charge in [-0.3, -0.25) is 14.9 Å². The minimum absolute atomic E-state index is 0.0170. The van der Waals surface area contributed by atoms with Gasteiger partial charge in [0.05, 0.1) is 4.92 Å². The van der Waals surface area contributed by atoms with Crippen molar-refractivity contribution in [2.45, 2.75) is 25.8 Å². The standard InChI is InChI=1S/C12H14N2O3/c1-9-3-2-6-13(9)11-5-4-10(8-15)7-12(11)14(16)17/h4-5,7-9H,2-3,6H2,1H3. The van der Waals surface area contributed by atoms with Crippen molar-refractivity contribution in [1.82, 2.24) is 0 Å². The molecular weight excluding hydrogens is 220 g/mol. The molecule has 17 heavy (non-hydrogen) atoms. The number of hydrogen-bond donors (Lipinski definition) is 0. The molecule has 0 bridgehead atoms. The van der Waals surface area contributed by atoms with Crippen LogP contribution in [0.3, 0.4) is 0 Å². The molecule has 1 aliphatic heterocycles. The van der Waals surface area contributed by atoms with Crippen molar-refractivity contribution in [3.8, 4) is 0 Å². The maximum Gasteiger partial charge on any atom is 0.293 e. The van der Waals surface area contributed by atoms with E-state index in [4.69, 9.17) is 0 Å². The molecule has 1 aliphatic rings. The zero-order chi connectivity index (χ0) is 12.4. The molecule has 90 valence electrons. The van der Waals surface area contributed by atoms with E-state index in [2.05, 4.69) is 6.92 Å². The van der Waals surface area contributed by atoms with Gasteiger partial charge in [0.25, 0.3) is 5.69 Å². The molecule has 0 N–H and O–H groups in total. The Bertz CT molecular complexity index is 459. The Morgan fingerprint density at radius 3 is 2.82 bits per heavy atom. The second-order valence-electron chi connectivity index (χ2n) is 4.31. The second-order valence-corrected chi connectivity index (χ2v) is 4.31. The Labute approximate surface area is 99.2 Å². The van der Waals surface area contributed by atoms with Gasteiger partial charge in [0.1, 0.15) is 12.0 Å². The van der Waals surface area contributed by atoms with E-state index in [1.54, 1.807) is 12.1 Å². The zero-order valence-corrected chi connectivity index (χ0v) is 9.63. The molecule has 0 aliphatic carbocycles. The lowest BCUT2D eigenvalue weighted by Gasteiger charge is -2.23. The summed E-state index contributed by atoms with van der Waals surface area (Å²) in [5.41, 5.74) is 0.973. The van der Waals surface area contributed by atoms with Gasteiger partial charge in [0.2, 0.25) is 0 Å². The molecule has 1 unspecified atom stereocenters. The molecular formula is C12H14N2O3. The Morgan fingerprint density at radius 2 is 2.29 bits per heavy atom. The van der Waals surface area contributed by atoms with Gasteiger partial charge in [-0.25, -0.2) is 0 Å². The summed E-state index contributed by atoms with van der Waals surface area (Å²) in [5.74, 6) is 0. The van der Waals surface area contributed by atoms with Crippen LogP contribution in [0.25, 0.3) is 0 Å². The van der Waals surface area contributed by atoms with E-state index in [0.29, 0.717) is 23.6 Å². The van der Waals surface area contributed by atoms with Crippen LogP contribution in [0.1, 0.15) is 30.1 Å². The first-order chi connectivity index (χ1) is 8.13. The first-order valence-electron chi connectivity index (χ1n) is 5.63. The fourth-order valence-corrected chi connectivity index (χ4v) is 2.29. The van der Waals surface area contributed by atoms with Crippen LogP contribution in [-0.2, 0) is 0 Å². The van der Waals surface area contributed by atoms with Crippen LogP contribution in [-0.4, -0.2) is 23.8 Å². The summed E-state index contributed by atoms with van der Waals surface area (Å²) in [7, 11) is 0. The third kappa shape index (κ3) is 2.13. The van der Waals surface area contributed by atoms with E-state index < -0.39 is 4.92 Å². The van der Waals surface area contributed by atoms with Gasteiger partial charge in [-0.05, 0) is 31.9 Å². The first-order valence-corrected chi connectivity index (χ1v) is 5.63. The normalized spacial score (nSPS) is 19.4. The van der Waals surface area contributed by atoms with Crippen molar-refractivity contribution < 1.29 is 9.72 Å². The number of nitro groups is 1. The smallest absolute Gasteiger partial charge is 0.293 e. The van der Waals surface area contributed by atoms with E-state index in [9.17, 15) is 14.9 Å². The lowest BCUT2D eigenvalue weighted by atomic mass is 10.1. The van der Waals surface area contributed by atoms with Crippen LogP contribution in [0.15, 0.2) is 18.2 Å². The highest BCUT2D eigenvalue weighted by molar-refractivity contribution is 5.79. The van der Waals surface area contributed by atoms with Crippen molar-refractivity contribution in [1.29, 1.82) is 0 Å². The molecule has 0 saturated carbocycles. The van der Waals surface area contributed by atoms with Gasteiger partial charge < -0.3 is 4.90 Å². The van der Waals surface area contributed by atoms with Crippen LogP contribution in [0, 0.1) is 10.1 Å². The zero-order valence-electron chi connectivity index (χ0n) is 9.63. The molecule has 0 aromatic heterocycles. The molecule has 1 aromatic rings. The van der Waals surface area contributed by atoms with Crippen molar-refractivity contribution in [3.63, 3.8) is 0 Å². The third-order valence-electron chi connectivity index (χ3n) is 3.19. The molecule has 1 saturated heterocycles. The summed E-state index contributed by atoms with van der Waals surface area (Å²) < 4.78 is 0. The molecule has 0 spiro atoms. The molecule has 2 rings (SSSR count). The number of nitro benzene ring substituents is 1. The van der Waals surface area contributed by atoms with Gasteiger partial charge in [0.15, 0.2) is 0 Å². The number of carbonyl (C=O) groups excluding carboxylic acids is 1. The highest BCUT2D eigenvalue weighted by atomic mass is 16.6. The predicted octanol–water partition coefficient (Wildman–Crippen LogP) is 2.40. The van der Waals surface area contributed by atoms with E-state index in [-0.39, 0.29) is 5.69 Å². The topological polar surface area (TPSA) is 63.5 Å². The van der Waals surface area contributed by atoms with E-state index in [0.717, 1.165) is 19.4 Å². The van der Waals surface area contributed by atoms with Crippen molar-refractivity contribution in [2.24, 2.45) is 0 Å². The quantitative estimate of drug-likeness (QED) is 0.457. The van der Waals surface area contributed by atoms with Gasteiger partial charge in [-0.15, -0.1) is 0 Å². The largest absolute Gasteiger partial charge is 0.363 e. The fourth-order valence-electron chi connectivity index (χ4n) is 2.29. The maximum absolute atomic E-state index is 11.0. The highest BCUT2D eigenvalue weighted by Gasteiger charge is 2.26. The first kappa shape index (κ1) is 11.6. The third-order valence-corrected chi connectivity index (χ3v) is 3.19. The van der Waals surface area contributed by atoms with Gasteiger partial charge in [-0.2, -0.15) is 0 Å². The SMILES string of the molecule is CC1CCCN1c1ccc(C=O)cc1[N+](=O)[O-]. The number of aldehydes is 1. The Hall–Kier alpha value is -1.91. The van der Waals surface area contributed by atoms with Crippen LogP contribution in [0.2, 0.25) is 0 Å². The van der Waals surface area contributed by atoms with Crippen molar-refractivity contribution >= 4 is 17.7 Å². The van der Waals surface area contributed by atoms with Gasteiger partial charge >= 0.3 is 0 Å². The van der Waals surface area contributed by atoms with Crippen LogP contribution < -0.4 is 4.90 Å². The highest BCUT2D eigenvalue weighted by Crippen LogP contribution is 2.33. The lowest BCUT2D eigenvalue weighted by molar-refractivity contribution is -0.384. The van der Waals surface area contributed by atoms with Crippen LogP contribution in [0.4, 0.5) is 11.4 Å². The number of nitrogens with zero attached hydrogens (tertiary/aromatic N) is 2. The summed E-state index contributed by atoms with van der Waals surface area (Å²) >= 11 is 0. The molecule has 5 nitrogen and oxygen atoms in total. The van der Waals surface area contributed by atoms with Crippen LogP contribution in [0.5, 0.6) is 0 Å². The maximum atomic E-state index is 11.0. The molecule has 1 fully saturated rings. The minimum Gasteiger partial charge on any atom is -0.363 e. The average Bonchev–Trinajstić information content (AvgIpc) is 2.74. The van der Waals surface area contributed by atoms with Gasteiger partial charge in [-0.1, -0.05) is 0 Å². The van der Waals surface area contributed by atoms with Gasteiger partial charge in [0, 0.05) is 24.2 Å². The summed E-state index contributed by atoms with van der Waals surface area (Å²) in [6, 6.07) is 4.95. The summed E-state index contributed by atoms with van der Waals surface area (Å²) in [4.78, 5) is 23.3. The average molecular weight is 234 g/mol. The van der Waals surface area contributed by atoms with Crippen LogP contribution >= 0.6 is 0 Å². The fraction of sp³-hybridized carbons (Fsp3) is 0.417. The lowest BCUT2D eigenvalue weighted by Crippen LogP contribution is -2.26. The summed E-state index contributed by atoms with van der Waals surface area (Å²) in [6.07, 6.45) is 2.73. The Balaban J connectivity index is 2.45. The predicted molar refractivity (Wildman–Crippen MR) is 64.5 cm³/mol. The molecule has 1 atom stereocenters. The number of benzene rings is 1. The molecule has 5 heteroatoms. The Kier molecular flexibility index (Phi) is 3.08. The summed E-state index contributed by atoms with van der Waals surface area (Å²) in [5, 5.41) is 11.0. The Morgan fingerprint density at radius 1 is 1.53 bits per heavy atom. The van der Waals surface area contributed by atoms with Crippen molar-refractivity contribution in [2.75, 3.05) is 11.4 Å². The van der Waals surface area contributed by atoms with E-state index >= 15 is 0 Å². The van der Waals surface area contributed by atoms with Crippen molar-refractivity contribution in [3.05, 3.63) is 33.9 Å². The minimum atomic E-state index is -0.423. The molecule has 0 amide bonds. The number of anilines is 1. The van der Waals surface area contributed by atoms with E-state index in [1.165, 1.54) is 6.07 Å². The second kappa shape index (κ2) is 4.53. The number of hydrogen-bond acceptors (Lipinski definition) is 4. The molecule has 1 heterocycles. The number of rotatable bonds is 3. The number of carbonyl (C=O) groups is 1. The monoisotopic (exact) mass is 234 g/mol. The molecule has 0 radical (unpaired) electrons. The molecule has 1 aromatic carbocycles. The van der Waals surface area contributed by atoms with E-state index in [1.807, 2.05) is 4.90 Å².